The molecule has 5 heteroatoms. The van der Waals surface area contributed by atoms with Crippen LogP contribution in [0.15, 0.2) is 60.9 Å². The highest BCUT2D eigenvalue weighted by molar-refractivity contribution is 5.68. The third kappa shape index (κ3) is 3.98. The van der Waals surface area contributed by atoms with Gasteiger partial charge in [0, 0.05) is 29.3 Å². The molecule has 0 radical (unpaired) electrons. The van der Waals surface area contributed by atoms with Gasteiger partial charge in [-0.1, -0.05) is 54.6 Å². The summed E-state index contributed by atoms with van der Waals surface area (Å²) in [4.78, 5) is 4.14. The van der Waals surface area contributed by atoms with Crippen molar-refractivity contribution in [3.05, 3.63) is 72.3 Å². The molecule has 1 aliphatic rings. The summed E-state index contributed by atoms with van der Waals surface area (Å²) in [6.45, 7) is 4.60. The van der Waals surface area contributed by atoms with E-state index in [1.807, 2.05) is 42.5 Å². The van der Waals surface area contributed by atoms with Gasteiger partial charge in [-0.05, 0) is 31.2 Å². The molecule has 0 aliphatic heterocycles. The van der Waals surface area contributed by atoms with Gasteiger partial charge in [0.2, 0.25) is 0 Å². The predicted molar refractivity (Wildman–Crippen MR) is 105 cm³/mol. The zero-order valence-electron chi connectivity index (χ0n) is 15.2. The van der Waals surface area contributed by atoms with E-state index in [0.717, 1.165) is 36.8 Å². The Bertz CT molecular complexity index is 906. The number of aromatic amines is 1. The Morgan fingerprint density at radius 2 is 1.81 bits per heavy atom. The molecule has 0 unspecified atom stereocenters. The van der Waals surface area contributed by atoms with Crippen molar-refractivity contribution < 1.29 is 4.39 Å². The second-order valence-corrected chi connectivity index (χ2v) is 7.10. The largest absolute Gasteiger partial charge is 0.310 e. The minimum absolute atomic E-state index is 0.155. The molecule has 3 aromatic rings. The molecule has 0 atom stereocenters. The number of halogens is 1. The van der Waals surface area contributed by atoms with Crippen molar-refractivity contribution in [1.82, 2.24) is 20.5 Å². The summed E-state index contributed by atoms with van der Waals surface area (Å²) in [5.74, 6) is 0.549. The lowest BCUT2D eigenvalue weighted by Gasteiger charge is -2.24. The Hall–Kier alpha value is -2.79. The van der Waals surface area contributed by atoms with Crippen molar-refractivity contribution in [2.75, 3.05) is 0 Å². The summed E-state index contributed by atoms with van der Waals surface area (Å²) in [6, 6.07) is 13.7. The topological polar surface area (TPSA) is 53.6 Å². The van der Waals surface area contributed by atoms with E-state index in [1.54, 1.807) is 0 Å². The fourth-order valence-corrected chi connectivity index (χ4v) is 3.58. The van der Waals surface area contributed by atoms with Gasteiger partial charge in [0.1, 0.15) is 12.1 Å². The molecule has 1 heterocycles. The maximum Gasteiger partial charge on any atom is 0.155 e. The highest BCUT2D eigenvalue weighted by Crippen LogP contribution is 2.28. The van der Waals surface area contributed by atoms with Crippen LogP contribution in [0.3, 0.4) is 0 Å². The lowest BCUT2D eigenvalue weighted by molar-refractivity contribution is 0.414. The minimum atomic E-state index is -0.155. The van der Waals surface area contributed by atoms with Crippen molar-refractivity contribution in [3.8, 4) is 22.5 Å². The SMILES string of the molecule is C=C1CCC(NCc2cccc(-c3ccc(-c4ncn[nH]4)cc3)c2F)CC1. The summed E-state index contributed by atoms with van der Waals surface area (Å²) in [7, 11) is 0. The molecule has 27 heavy (non-hydrogen) atoms. The smallest absolute Gasteiger partial charge is 0.155 e. The Labute approximate surface area is 158 Å². The van der Waals surface area contributed by atoms with Crippen molar-refractivity contribution in [2.45, 2.75) is 38.3 Å². The van der Waals surface area contributed by atoms with E-state index >= 15 is 4.39 Å². The monoisotopic (exact) mass is 362 g/mol. The van der Waals surface area contributed by atoms with E-state index < -0.39 is 0 Å². The summed E-state index contributed by atoms with van der Waals surface area (Å²) in [6.07, 6.45) is 5.78. The van der Waals surface area contributed by atoms with Gasteiger partial charge in [0.25, 0.3) is 0 Å². The second-order valence-electron chi connectivity index (χ2n) is 7.10. The van der Waals surface area contributed by atoms with Crippen LogP contribution in [0.1, 0.15) is 31.2 Å². The summed E-state index contributed by atoms with van der Waals surface area (Å²) < 4.78 is 15.1. The summed E-state index contributed by atoms with van der Waals surface area (Å²) >= 11 is 0. The van der Waals surface area contributed by atoms with E-state index in [9.17, 15) is 0 Å². The number of allylic oxidation sites excluding steroid dienone is 1. The van der Waals surface area contributed by atoms with E-state index in [4.69, 9.17) is 0 Å². The standard InChI is InChI=1S/C22H23FN4/c1-15-5-11-19(12-6-15)24-13-18-3-2-4-20(21(18)23)16-7-9-17(10-8-16)22-25-14-26-27-22/h2-4,7-10,14,19,24H,1,5-6,11-13H2,(H,25,26,27). The molecule has 0 amide bonds. The van der Waals surface area contributed by atoms with Gasteiger partial charge >= 0.3 is 0 Å². The number of rotatable bonds is 5. The van der Waals surface area contributed by atoms with Gasteiger partial charge in [-0.3, -0.25) is 5.10 Å². The van der Waals surface area contributed by atoms with E-state index in [-0.39, 0.29) is 5.82 Å². The maximum absolute atomic E-state index is 15.1. The molecule has 0 saturated heterocycles. The van der Waals surface area contributed by atoms with Gasteiger partial charge in [-0.15, -0.1) is 0 Å². The van der Waals surface area contributed by atoms with Crippen LogP contribution >= 0.6 is 0 Å². The van der Waals surface area contributed by atoms with Crippen LogP contribution in [-0.2, 0) is 6.54 Å². The highest BCUT2D eigenvalue weighted by atomic mass is 19.1. The Morgan fingerprint density at radius 3 is 2.52 bits per heavy atom. The second kappa shape index (κ2) is 7.84. The number of nitrogens with one attached hydrogen (secondary N) is 2. The number of hydrogen-bond donors (Lipinski definition) is 2. The van der Waals surface area contributed by atoms with Crippen molar-refractivity contribution in [2.24, 2.45) is 0 Å². The van der Waals surface area contributed by atoms with Crippen LogP contribution in [0.5, 0.6) is 0 Å². The molecular weight excluding hydrogens is 339 g/mol. The molecule has 1 aliphatic carbocycles. The number of aromatic nitrogens is 3. The van der Waals surface area contributed by atoms with E-state index in [2.05, 4.69) is 27.1 Å². The van der Waals surface area contributed by atoms with E-state index in [1.165, 1.54) is 11.9 Å². The first-order valence-electron chi connectivity index (χ1n) is 9.34. The molecule has 138 valence electrons. The molecule has 2 aromatic carbocycles. The third-order valence-electron chi connectivity index (χ3n) is 5.24. The average molecular weight is 362 g/mol. The van der Waals surface area contributed by atoms with Crippen molar-refractivity contribution in [1.29, 1.82) is 0 Å². The van der Waals surface area contributed by atoms with Crippen LogP contribution in [0.25, 0.3) is 22.5 Å². The molecular formula is C22H23FN4. The lowest BCUT2D eigenvalue weighted by Crippen LogP contribution is -2.31. The molecule has 4 rings (SSSR count). The molecule has 4 nitrogen and oxygen atoms in total. The first-order chi connectivity index (χ1) is 13.2. The Balaban J connectivity index is 1.49. The Morgan fingerprint density at radius 1 is 1.07 bits per heavy atom. The van der Waals surface area contributed by atoms with Gasteiger partial charge in [0.15, 0.2) is 5.82 Å². The van der Waals surface area contributed by atoms with Gasteiger partial charge < -0.3 is 5.32 Å². The highest BCUT2D eigenvalue weighted by Gasteiger charge is 2.16. The zero-order valence-corrected chi connectivity index (χ0v) is 15.2. The molecule has 1 fully saturated rings. The van der Waals surface area contributed by atoms with Crippen molar-refractivity contribution in [3.63, 3.8) is 0 Å². The molecule has 0 spiro atoms. The third-order valence-corrected chi connectivity index (χ3v) is 5.24. The number of nitrogens with zero attached hydrogens (tertiary/aromatic N) is 2. The Kier molecular flexibility index (Phi) is 5.12. The molecule has 1 saturated carbocycles. The van der Waals surface area contributed by atoms with Crippen LogP contribution < -0.4 is 5.32 Å². The predicted octanol–water partition coefficient (Wildman–Crippen LogP) is 4.87. The fourth-order valence-electron chi connectivity index (χ4n) is 3.58. The quantitative estimate of drug-likeness (QED) is 0.637. The lowest BCUT2D eigenvalue weighted by atomic mass is 9.91. The van der Waals surface area contributed by atoms with Gasteiger partial charge in [-0.2, -0.15) is 5.10 Å². The fraction of sp³-hybridized carbons (Fsp3) is 0.273. The van der Waals surface area contributed by atoms with E-state index in [0.29, 0.717) is 29.5 Å². The molecule has 2 N–H and O–H groups in total. The average Bonchev–Trinajstić information content (AvgIpc) is 3.23. The van der Waals surface area contributed by atoms with Crippen LogP contribution in [0.2, 0.25) is 0 Å². The normalized spacial score (nSPS) is 15.2. The number of hydrogen-bond acceptors (Lipinski definition) is 3. The van der Waals surface area contributed by atoms with Gasteiger partial charge in [-0.25, -0.2) is 9.37 Å². The van der Waals surface area contributed by atoms with Gasteiger partial charge in [0.05, 0.1) is 0 Å². The van der Waals surface area contributed by atoms with Crippen LogP contribution in [0.4, 0.5) is 4.39 Å². The zero-order chi connectivity index (χ0) is 18.6. The molecule has 1 aromatic heterocycles. The van der Waals surface area contributed by atoms with Crippen molar-refractivity contribution >= 4 is 0 Å². The maximum atomic E-state index is 15.1. The van der Waals surface area contributed by atoms with Crippen LogP contribution in [0, 0.1) is 5.82 Å². The summed E-state index contributed by atoms with van der Waals surface area (Å²) in [5, 5.41) is 10.2. The number of H-pyrrole nitrogens is 1. The first kappa shape index (κ1) is 17.6. The minimum Gasteiger partial charge on any atom is -0.310 e. The molecule has 0 bridgehead atoms. The first-order valence-corrected chi connectivity index (χ1v) is 9.34. The number of benzene rings is 2. The van der Waals surface area contributed by atoms with Crippen LogP contribution in [-0.4, -0.2) is 21.2 Å². The summed E-state index contributed by atoms with van der Waals surface area (Å²) in [5.41, 5.74) is 4.43.